The molecule has 0 radical (unpaired) electrons. The lowest BCUT2D eigenvalue weighted by Crippen LogP contribution is -2.49. The summed E-state index contributed by atoms with van der Waals surface area (Å²) in [5, 5.41) is 5.45. The SMILES string of the molecule is CC#CC(=O)N[C@H](C(=O)NCc1ccccc1)C(C)C. The molecule has 106 valence electrons. The molecule has 2 N–H and O–H groups in total. The minimum absolute atomic E-state index is 0.00613. The van der Waals surface area contributed by atoms with Crippen molar-refractivity contribution in [2.24, 2.45) is 5.92 Å². The van der Waals surface area contributed by atoms with Gasteiger partial charge >= 0.3 is 0 Å². The van der Waals surface area contributed by atoms with Crippen LogP contribution in [0.4, 0.5) is 0 Å². The van der Waals surface area contributed by atoms with Gasteiger partial charge in [0.05, 0.1) is 0 Å². The Morgan fingerprint density at radius 3 is 2.40 bits per heavy atom. The van der Waals surface area contributed by atoms with Crippen LogP contribution in [0.1, 0.15) is 26.3 Å². The molecular formula is C16H20N2O2. The first-order valence-electron chi connectivity index (χ1n) is 6.59. The van der Waals surface area contributed by atoms with Gasteiger partial charge in [-0.2, -0.15) is 0 Å². The predicted octanol–water partition coefficient (Wildman–Crippen LogP) is 1.47. The zero-order chi connectivity index (χ0) is 15.0. The third-order valence-corrected chi connectivity index (χ3v) is 2.78. The van der Waals surface area contributed by atoms with Gasteiger partial charge in [-0.3, -0.25) is 9.59 Å². The standard InChI is InChI=1S/C16H20N2O2/c1-4-8-14(19)18-15(12(2)3)16(20)17-11-13-9-6-5-7-10-13/h5-7,9-10,12,15H,11H2,1-3H3,(H,17,20)(H,18,19)/t15-/m0/s1. The maximum Gasteiger partial charge on any atom is 0.296 e. The van der Waals surface area contributed by atoms with Crippen LogP contribution >= 0.6 is 0 Å². The molecule has 0 fully saturated rings. The van der Waals surface area contributed by atoms with Crippen LogP contribution in [-0.4, -0.2) is 17.9 Å². The Hall–Kier alpha value is -2.28. The summed E-state index contributed by atoms with van der Waals surface area (Å²) in [6.07, 6.45) is 0. The van der Waals surface area contributed by atoms with Crippen LogP contribution in [0.15, 0.2) is 30.3 Å². The van der Waals surface area contributed by atoms with Crippen LogP contribution in [0, 0.1) is 17.8 Å². The van der Waals surface area contributed by atoms with E-state index >= 15 is 0 Å². The first-order valence-corrected chi connectivity index (χ1v) is 6.59. The van der Waals surface area contributed by atoms with Crippen LogP contribution in [0.3, 0.4) is 0 Å². The molecule has 0 spiro atoms. The summed E-state index contributed by atoms with van der Waals surface area (Å²) in [6, 6.07) is 9.05. The van der Waals surface area contributed by atoms with Crippen molar-refractivity contribution in [2.45, 2.75) is 33.4 Å². The van der Waals surface area contributed by atoms with E-state index in [1.54, 1.807) is 6.92 Å². The van der Waals surface area contributed by atoms with Crippen LogP contribution in [0.2, 0.25) is 0 Å². The summed E-state index contributed by atoms with van der Waals surface area (Å²) in [7, 11) is 0. The van der Waals surface area contributed by atoms with E-state index in [0.717, 1.165) is 5.56 Å². The lowest BCUT2D eigenvalue weighted by atomic mass is 10.0. The smallest absolute Gasteiger partial charge is 0.296 e. The molecule has 0 aliphatic rings. The van der Waals surface area contributed by atoms with Gasteiger partial charge in [-0.05, 0) is 24.3 Å². The lowest BCUT2D eigenvalue weighted by Gasteiger charge is -2.20. The minimum atomic E-state index is -0.577. The fourth-order valence-electron chi connectivity index (χ4n) is 1.72. The summed E-state index contributed by atoms with van der Waals surface area (Å²) in [6.45, 7) is 5.79. The monoisotopic (exact) mass is 272 g/mol. The maximum absolute atomic E-state index is 12.1. The molecule has 4 nitrogen and oxygen atoms in total. The van der Waals surface area contributed by atoms with Crippen molar-refractivity contribution >= 4 is 11.8 Å². The van der Waals surface area contributed by atoms with Crippen LogP contribution < -0.4 is 10.6 Å². The van der Waals surface area contributed by atoms with Gasteiger partial charge in [0.15, 0.2) is 0 Å². The lowest BCUT2D eigenvalue weighted by molar-refractivity contribution is -0.128. The van der Waals surface area contributed by atoms with Gasteiger partial charge in [-0.1, -0.05) is 50.1 Å². The minimum Gasteiger partial charge on any atom is -0.350 e. The van der Waals surface area contributed by atoms with Crippen molar-refractivity contribution in [3.05, 3.63) is 35.9 Å². The number of hydrogen-bond donors (Lipinski definition) is 2. The highest BCUT2D eigenvalue weighted by atomic mass is 16.2. The summed E-state index contributed by atoms with van der Waals surface area (Å²) in [4.78, 5) is 23.6. The molecule has 0 aromatic heterocycles. The Labute approximate surface area is 120 Å². The number of nitrogens with one attached hydrogen (secondary N) is 2. The molecule has 2 amide bonds. The molecule has 0 saturated carbocycles. The number of carbonyl (C=O) groups excluding carboxylic acids is 2. The Morgan fingerprint density at radius 2 is 1.85 bits per heavy atom. The highest BCUT2D eigenvalue weighted by molar-refractivity contribution is 5.97. The molecule has 1 aromatic rings. The summed E-state index contributed by atoms with van der Waals surface area (Å²) >= 11 is 0. The largest absolute Gasteiger partial charge is 0.350 e. The number of amides is 2. The zero-order valence-electron chi connectivity index (χ0n) is 12.1. The number of benzene rings is 1. The molecule has 0 unspecified atom stereocenters. The number of carbonyl (C=O) groups is 2. The van der Waals surface area contributed by atoms with Crippen molar-refractivity contribution < 1.29 is 9.59 Å². The second-order valence-electron chi connectivity index (χ2n) is 4.77. The molecule has 0 aliphatic heterocycles. The van der Waals surface area contributed by atoms with Crippen molar-refractivity contribution in [1.29, 1.82) is 0 Å². The van der Waals surface area contributed by atoms with Gasteiger partial charge in [0.1, 0.15) is 6.04 Å². The van der Waals surface area contributed by atoms with E-state index in [2.05, 4.69) is 22.5 Å². The summed E-state index contributed by atoms with van der Waals surface area (Å²) < 4.78 is 0. The van der Waals surface area contributed by atoms with E-state index in [1.807, 2.05) is 44.2 Å². The van der Waals surface area contributed by atoms with E-state index in [9.17, 15) is 9.59 Å². The molecule has 4 heteroatoms. The summed E-state index contributed by atoms with van der Waals surface area (Å²) in [5.41, 5.74) is 1.02. The third-order valence-electron chi connectivity index (χ3n) is 2.78. The Kier molecular flexibility index (Phi) is 6.31. The number of hydrogen-bond acceptors (Lipinski definition) is 2. The van der Waals surface area contributed by atoms with Gasteiger partial charge in [-0.15, -0.1) is 0 Å². The topological polar surface area (TPSA) is 58.2 Å². The predicted molar refractivity (Wildman–Crippen MR) is 78.5 cm³/mol. The Morgan fingerprint density at radius 1 is 1.20 bits per heavy atom. The maximum atomic E-state index is 12.1. The van der Waals surface area contributed by atoms with E-state index in [1.165, 1.54) is 0 Å². The van der Waals surface area contributed by atoms with E-state index in [0.29, 0.717) is 6.54 Å². The second kappa shape index (κ2) is 8.00. The van der Waals surface area contributed by atoms with E-state index in [-0.39, 0.29) is 11.8 Å². The van der Waals surface area contributed by atoms with Gasteiger partial charge in [0.25, 0.3) is 5.91 Å². The van der Waals surface area contributed by atoms with Crippen molar-refractivity contribution in [3.63, 3.8) is 0 Å². The van der Waals surface area contributed by atoms with Crippen LogP contribution in [0.5, 0.6) is 0 Å². The fraction of sp³-hybridized carbons (Fsp3) is 0.375. The highest BCUT2D eigenvalue weighted by Gasteiger charge is 2.23. The molecule has 0 heterocycles. The first kappa shape index (κ1) is 15.8. The van der Waals surface area contributed by atoms with Crippen LogP contribution in [0.25, 0.3) is 0 Å². The average molecular weight is 272 g/mol. The number of rotatable bonds is 5. The van der Waals surface area contributed by atoms with Crippen molar-refractivity contribution in [1.82, 2.24) is 10.6 Å². The second-order valence-corrected chi connectivity index (χ2v) is 4.77. The molecule has 0 bridgehead atoms. The molecule has 1 atom stereocenters. The first-order chi connectivity index (χ1) is 9.54. The molecule has 1 aromatic carbocycles. The average Bonchev–Trinajstić information content (AvgIpc) is 2.43. The molecule has 0 saturated heterocycles. The van der Waals surface area contributed by atoms with Crippen LogP contribution in [-0.2, 0) is 16.1 Å². The highest BCUT2D eigenvalue weighted by Crippen LogP contribution is 2.03. The van der Waals surface area contributed by atoms with Crippen molar-refractivity contribution in [2.75, 3.05) is 0 Å². The fourth-order valence-corrected chi connectivity index (χ4v) is 1.72. The quantitative estimate of drug-likeness (QED) is 0.797. The third kappa shape index (κ3) is 5.15. The normalized spacial score (nSPS) is 11.2. The van der Waals surface area contributed by atoms with Crippen molar-refractivity contribution in [3.8, 4) is 11.8 Å². The van der Waals surface area contributed by atoms with Gasteiger partial charge < -0.3 is 10.6 Å². The van der Waals surface area contributed by atoms with Gasteiger partial charge in [-0.25, -0.2) is 0 Å². The molecule has 1 rings (SSSR count). The Balaban J connectivity index is 2.60. The van der Waals surface area contributed by atoms with E-state index in [4.69, 9.17) is 0 Å². The Bertz CT molecular complexity index is 512. The van der Waals surface area contributed by atoms with E-state index < -0.39 is 11.9 Å². The molecule has 0 aliphatic carbocycles. The zero-order valence-corrected chi connectivity index (χ0v) is 12.1. The molecule has 20 heavy (non-hydrogen) atoms. The van der Waals surface area contributed by atoms with Gasteiger partial charge in [0.2, 0.25) is 5.91 Å². The molecular weight excluding hydrogens is 252 g/mol. The van der Waals surface area contributed by atoms with Gasteiger partial charge in [0, 0.05) is 6.54 Å². The summed E-state index contributed by atoms with van der Waals surface area (Å²) in [5.74, 6) is 4.26.